The molecule has 0 saturated carbocycles. The summed E-state index contributed by atoms with van der Waals surface area (Å²) < 4.78 is 0. The van der Waals surface area contributed by atoms with Gasteiger partial charge in [0.05, 0.1) is 0 Å². The van der Waals surface area contributed by atoms with Crippen LogP contribution in [0, 0.1) is 17.3 Å². The lowest BCUT2D eigenvalue weighted by atomic mass is 9.89. The number of hydrogen-bond acceptors (Lipinski definition) is 0. The molecule has 0 aliphatic rings. The highest BCUT2D eigenvalue weighted by Crippen LogP contribution is 2.21. The van der Waals surface area contributed by atoms with E-state index in [0.717, 1.165) is 18.3 Å². The SMILES string of the molecule is C=C(C)C(C)(C)C.CC.CC.CC.CC.CC.CC.CC.CC=C/C=C/CC.CCC.CCC(C)C(C)C. The Labute approximate surface area is 252 Å². The third kappa shape index (κ3) is 178. The van der Waals surface area contributed by atoms with Gasteiger partial charge in [-0.25, -0.2) is 0 Å². The predicted octanol–water partition coefficient (Wildman–Crippen LogP) is 16.4. The van der Waals surface area contributed by atoms with Crippen LogP contribution < -0.4 is 0 Å². The Morgan fingerprint density at radius 1 is 0.632 bits per heavy atom. The molecule has 0 saturated heterocycles. The van der Waals surface area contributed by atoms with Gasteiger partial charge in [0.15, 0.2) is 0 Å². The van der Waals surface area contributed by atoms with Crippen molar-refractivity contribution in [2.45, 2.75) is 199 Å². The van der Waals surface area contributed by atoms with Crippen molar-refractivity contribution in [2.75, 3.05) is 0 Å². The molecule has 0 bridgehead atoms. The van der Waals surface area contributed by atoms with Crippen LogP contribution in [-0.2, 0) is 0 Å². The number of allylic oxidation sites excluding steroid dienone is 5. The molecule has 0 aromatic carbocycles. The topological polar surface area (TPSA) is 0 Å². The van der Waals surface area contributed by atoms with Gasteiger partial charge in [-0.1, -0.05) is 215 Å². The average Bonchev–Trinajstić information content (AvgIpc) is 2.97. The second kappa shape index (κ2) is 99.8. The first-order chi connectivity index (χ1) is 18.0. The summed E-state index contributed by atoms with van der Waals surface area (Å²) in [6, 6.07) is 0. The highest BCUT2D eigenvalue weighted by Gasteiger charge is 2.08. The van der Waals surface area contributed by atoms with Gasteiger partial charge in [0.1, 0.15) is 0 Å². The summed E-state index contributed by atoms with van der Waals surface area (Å²) in [5, 5.41) is 0. The van der Waals surface area contributed by atoms with Crippen molar-refractivity contribution in [3.63, 3.8) is 0 Å². The Morgan fingerprint density at radius 3 is 0.947 bits per heavy atom. The Hall–Kier alpha value is -0.780. The molecule has 244 valence electrons. The highest BCUT2D eigenvalue weighted by atomic mass is 14.1. The van der Waals surface area contributed by atoms with Gasteiger partial charge < -0.3 is 0 Å². The molecular formula is C38H92. The molecular weight excluding hydrogens is 456 g/mol. The maximum Gasteiger partial charge on any atom is -0.0178 e. The molecule has 38 heavy (non-hydrogen) atoms. The molecule has 0 spiro atoms. The number of rotatable bonds is 4. The van der Waals surface area contributed by atoms with E-state index in [0.29, 0.717) is 5.41 Å². The van der Waals surface area contributed by atoms with Gasteiger partial charge in [-0.05, 0) is 37.5 Å². The summed E-state index contributed by atoms with van der Waals surface area (Å²) in [6.45, 7) is 57.8. The fourth-order valence-corrected chi connectivity index (χ4v) is 0.797. The minimum Gasteiger partial charge on any atom is -0.0996 e. The van der Waals surface area contributed by atoms with E-state index in [4.69, 9.17) is 0 Å². The fraction of sp³-hybridized carbons (Fsp3) is 0.842. The van der Waals surface area contributed by atoms with Crippen molar-refractivity contribution < 1.29 is 0 Å². The van der Waals surface area contributed by atoms with Crippen LogP contribution in [0.3, 0.4) is 0 Å². The summed E-state index contributed by atoms with van der Waals surface area (Å²) in [4.78, 5) is 0. The van der Waals surface area contributed by atoms with Crippen LogP contribution in [-0.4, -0.2) is 0 Å². The molecule has 0 amide bonds. The van der Waals surface area contributed by atoms with Crippen LogP contribution >= 0.6 is 0 Å². The summed E-state index contributed by atoms with van der Waals surface area (Å²) in [5.41, 5.74) is 1.55. The lowest BCUT2D eigenvalue weighted by Crippen LogP contribution is -2.04. The van der Waals surface area contributed by atoms with Crippen molar-refractivity contribution in [3.05, 3.63) is 36.5 Å². The summed E-state index contributed by atoms with van der Waals surface area (Å²) in [6.07, 6.45) is 11.9. The van der Waals surface area contributed by atoms with E-state index in [1.165, 1.54) is 18.4 Å². The van der Waals surface area contributed by atoms with Crippen molar-refractivity contribution in [2.24, 2.45) is 17.3 Å². The summed E-state index contributed by atoms with van der Waals surface area (Å²) in [7, 11) is 0. The second-order valence-electron chi connectivity index (χ2n) is 7.73. The smallest absolute Gasteiger partial charge is 0.0178 e. The average molecular weight is 549 g/mol. The minimum atomic E-state index is 0.306. The van der Waals surface area contributed by atoms with Crippen LogP contribution in [0.15, 0.2) is 36.5 Å². The van der Waals surface area contributed by atoms with Gasteiger partial charge in [-0.2, -0.15) is 0 Å². The Kier molecular flexibility index (Phi) is 186. The fourth-order valence-electron chi connectivity index (χ4n) is 0.797. The lowest BCUT2D eigenvalue weighted by molar-refractivity contribution is 0.407. The molecule has 1 atom stereocenters. The van der Waals surface area contributed by atoms with Gasteiger partial charge in [-0.3, -0.25) is 0 Å². The number of hydrogen-bond donors (Lipinski definition) is 0. The molecule has 0 aliphatic carbocycles. The highest BCUT2D eigenvalue weighted by molar-refractivity contribution is 5.00. The van der Waals surface area contributed by atoms with Gasteiger partial charge >= 0.3 is 0 Å². The van der Waals surface area contributed by atoms with Gasteiger partial charge in [0.25, 0.3) is 0 Å². The molecule has 0 aromatic heterocycles. The van der Waals surface area contributed by atoms with Crippen LogP contribution in [0.2, 0.25) is 0 Å². The van der Waals surface area contributed by atoms with Crippen molar-refractivity contribution >= 4 is 0 Å². The van der Waals surface area contributed by atoms with Crippen LogP contribution in [0.25, 0.3) is 0 Å². The predicted molar refractivity (Wildman–Crippen MR) is 198 cm³/mol. The molecule has 0 rings (SSSR count). The summed E-state index contributed by atoms with van der Waals surface area (Å²) >= 11 is 0. The van der Waals surface area contributed by atoms with E-state index >= 15 is 0 Å². The maximum absolute atomic E-state index is 3.83. The molecule has 0 aliphatic heterocycles. The zero-order chi connectivity index (χ0) is 34.2. The summed E-state index contributed by atoms with van der Waals surface area (Å²) in [5.74, 6) is 1.77. The second-order valence-corrected chi connectivity index (χ2v) is 7.73. The van der Waals surface area contributed by atoms with Gasteiger partial charge in [0, 0.05) is 0 Å². The van der Waals surface area contributed by atoms with Gasteiger partial charge in [-0.15, -0.1) is 0 Å². The first-order valence-electron chi connectivity index (χ1n) is 16.9. The van der Waals surface area contributed by atoms with E-state index in [9.17, 15) is 0 Å². The van der Waals surface area contributed by atoms with Crippen LogP contribution in [0.1, 0.15) is 199 Å². The molecule has 0 fully saturated rings. The van der Waals surface area contributed by atoms with Crippen molar-refractivity contribution in [1.29, 1.82) is 0 Å². The lowest BCUT2D eigenvalue weighted by Gasteiger charge is -2.16. The maximum atomic E-state index is 3.83. The Morgan fingerprint density at radius 2 is 0.868 bits per heavy atom. The van der Waals surface area contributed by atoms with Crippen LogP contribution in [0.4, 0.5) is 0 Å². The molecule has 0 N–H and O–H groups in total. The first kappa shape index (κ1) is 71.0. The van der Waals surface area contributed by atoms with E-state index in [2.05, 4.69) is 94.9 Å². The van der Waals surface area contributed by atoms with Crippen molar-refractivity contribution in [3.8, 4) is 0 Å². The van der Waals surface area contributed by atoms with Crippen LogP contribution in [0.5, 0.6) is 0 Å². The molecule has 1 unspecified atom stereocenters. The van der Waals surface area contributed by atoms with E-state index < -0.39 is 0 Å². The zero-order valence-electron chi connectivity index (χ0n) is 33.3. The molecule has 0 radical (unpaired) electrons. The van der Waals surface area contributed by atoms with E-state index in [1.54, 1.807) is 0 Å². The molecule has 0 aromatic rings. The third-order valence-corrected chi connectivity index (χ3v) is 3.74. The van der Waals surface area contributed by atoms with Gasteiger partial charge in [0.2, 0.25) is 0 Å². The van der Waals surface area contributed by atoms with Crippen molar-refractivity contribution in [1.82, 2.24) is 0 Å². The van der Waals surface area contributed by atoms with E-state index in [1.807, 2.05) is 116 Å². The normalized spacial score (nSPS) is 8.61. The quantitative estimate of drug-likeness (QED) is 0.242. The molecule has 0 nitrogen and oxygen atoms in total. The minimum absolute atomic E-state index is 0.306. The Bertz CT molecular complexity index is 284. The third-order valence-electron chi connectivity index (χ3n) is 3.74. The Balaban J connectivity index is -0.0000000250. The van der Waals surface area contributed by atoms with E-state index in [-0.39, 0.29) is 0 Å². The first-order valence-corrected chi connectivity index (χ1v) is 16.9. The monoisotopic (exact) mass is 549 g/mol. The molecule has 0 heterocycles. The zero-order valence-corrected chi connectivity index (χ0v) is 33.3. The standard InChI is InChI=1S/C7H14.C7H16.C7H12.C3H8.7C2H6/c1-6(2)7(3,4)5;1-5-7(4)6(2)3;1-3-5-7-6-4-2;1-3-2;7*1-2/h1H2,2-5H3;6-7H,5H2,1-4H3;3,5-7H,4H2,1-2H3;3H2,1-2H3;7*1-2H3/b;;5-3?,7-6+;;;;;;;;. The largest absolute Gasteiger partial charge is 0.0996 e. The molecule has 0 heteroatoms.